The molecule has 0 radical (unpaired) electrons. The van der Waals surface area contributed by atoms with Crippen LogP contribution in [0.5, 0.6) is 0 Å². The topological polar surface area (TPSA) is 17.8 Å². The van der Waals surface area contributed by atoms with Crippen molar-refractivity contribution in [3.8, 4) is 17.1 Å². The molecule has 12 aromatic carbocycles. The third kappa shape index (κ3) is 6.90. The van der Waals surface area contributed by atoms with Crippen LogP contribution in [-0.2, 0) is 0 Å². The molecule has 0 N–H and O–H groups in total. The number of aromatic nitrogens is 2. The maximum atomic E-state index is 5.14. The molecule has 0 bridgehead atoms. The van der Waals surface area contributed by atoms with E-state index in [2.05, 4.69) is 261 Å². The molecule has 1 heterocycles. The normalized spacial score (nSPS) is 12.4. The molecule has 0 aliphatic carbocycles. The molecule has 0 unspecified atom stereocenters. The molecule has 13 rings (SSSR count). The number of hydrogen-bond donors (Lipinski definition) is 0. The zero-order valence-electron chi connectivity index (χ0n) is 39.7. The summed E-state index contributed by atoms with van der Waals surface area (Å²) in [7, 11) is 0. The molecule has 0 fully saturated rings. The van der Waals surface area contributed by atoms with Crippen LogP contribution in [0.1, 0.15) is 34.7 Å². The van der Waals surface area contributed by atoms with Gasteiger partial charge in [-0.05, 0) is 171 Å². The van der Waals surface area contributed by atoms with Gasteiger partial charge in [0.05, 0.1) is 11.0 Å². The predicted molar refractivity (Wildman–Crippen MR) is 307 cm³/mol. The molecular formula is C69H48N2. The summed E-state index contributed by atoms with van der Waals surface area (Å²) in [5, 5.41) is 17.5. The molecule has 1 aromatic heterocycles. The Morgan fingerprint density at radius 1 is 0.479 bits per heavy atom. The van der Waals surface area contributed by atoms with E-state index >= 15 is 0 Å². The lowest BCUT2D eigenvalue weighted by atomic mass is 9.86. The zero-order valence-corrected chi connectivity index (χ0v) is 39.7. The molecule has 0 spiro atoms. The standard InChI is InChI=1S/C69H48N2/c1-4-20-51-45(3)67-60-31-16-14-29-58(60)62(43-64(67)56-27-11-9-24-53(51)56)44(2)41-48(46-37-39-50(40-38-46)71-66-34-19-18-33-65(66)70-69(71)47-21-6-5-7-22-47)35-36-49-42-63-57-28-12-10-25-54(57)55-26-13-17-32-61(55)68(63)59-30-15-8-23-52(49)59/h4-43H,2H2,1,3H3. The molecular weight excluding hydrogens is 857 g/mol. The molecule has 0 aliphatic heterocycles. The summed E-state index contributed by atoms with van der Waals surface area (Å²) in [6.07, 6.45) is 11.3. The lowest BCUT2D eigenvalue weighted by Crippen LogP contribution is -1.98. The van der Waals surface area contributed by atoms with E-state index in [-0.39, 0.29) is 0 Å². The van der Waals surface area contributed by atoms with E-state index in [1.807, 2.05) is 0 Å². The minimum absolute atomic E-state index is 0.913. The van der Waals surface area contributed by atoms with Crippen molar-refractivity contribution in [2.45, 2.75) is 13.8 Å². The number of imidazole rings is 1. The van der Waals surface area contributed by atoms with E-state index in [9.17, 15) is 0 Å². The zero-order chi connectivity index (χ0) is 47.6. The van der Waals surface area contributed by atoms with Crippen LogP contribution in [0.2, 0.25) is 0 Å². The van der Waals surface area contributed by atoms with E-state index in [1.54, 1.807) is 0 Å². The lowest BCUT2D eigenvalue weighted by molar-refractivity contribution is 1.10. The predicted octanol–water partition coefficient (Wildman–Crippen LogP) is 18.9. The summed E-state index contributed by atoms with van der Waals surface area (Å²) in [5.74, 6) is 0.913. The number of fused-ring (bicyclic) bond motifs is 14. The van der Waals surface area contributed by atoms with Crippen LogP contribution in [0.4, 0.5) is 0 Å². The Labute approximate surface area is 413 Å². The average Bonchev–Trinajstić information content (AvgIpc) is 3.83. The Morgan fingerprint density at radius 3 is 1.69 bits per heavy atom. The molecule has 0 amide bonds. The molecule has 0 saturated heterocycles. The van der Waals surface area contributed by atoms with Gasteiger partial charge in [-0.25, -0.2) is 4.98 Å². The third-order valence-electron chi connectivity index (χ3n) is 14.6. The second kappa shape index (κ2) is 17.1. The van der Waals surface area contributed by atoms with E-state index in [0.29, 0.717) is 0 Å². The molecule has 0 saturated carbocycles. The Kier molecular flexibility index (Phi) is 10.1. The molecule has 2 nitrogen and oxygen atoms in total. The smallest absolute Gasteiger partial charge is 0.145 e. The number of hydrogen-bond acceptors (Lipinski definition) is 1. The van der Waals surface area contributed by atoms with Crippen LogP contribution < -0.4 is 0 Å². The molecule has 0 atom stereocenters. The highest BCUT2D eigenvalue weighted by Crippen LogP contribution is 2.43. The molecule has 0 aliphatic rings. The molecule has 13 aromatic rings. The van der Waals surface area contributed by atoms with Crippen molar-refractivity contribution in [1.82, 2.24) is 9.55 Å². The van der Waals surface area contributed by atoms with Crippen molar-refractivity contribution >= 4 is 110 Å². The van der Waals surface area contributed by atoms with Gasteiger partial charge in [0.2, 0.25) is 0 Å². The van der Waals surface area contributed by atoms with Crippen molar-refractivity contribution in [3.63, 3.8) is 0 Å². The highest BCUT2D eigenvalue weighted by Gasteiger charge is 2.19. The van der Waals surface area contributed by atoms with Gasteiger partial charge in [0.25, 0.3) is 0 Å². The highest BCUT2D eigenvalue weighted by molar-refractivity contribution is 6.32. The molecule has 2 heteroatoms. The van der Waals surface area contributed by atoms with Crippen molar-refractivity contribution < 1.29 is 0 Å². The van der Waals surface area contributed by atoms with Gasteiger partial charge in [0, 0.05) is 11.3 Å². The number of nitrogens with zero attached hydrogens (tertiary/aromatic N) is 2. The Bertz CT molecular complexity index is 4410. The van der Waals surface area contributed by atoms with E-state index in [4.69, 9.17) is 11.6 Å². The number of allylic oxidation sites excluding steroid dienone is 5. The van der Waals surface area contributed by atoms with Crippen molar-refractivity contribution in [2.24, 2.45) is 0 Å². The van der Waals surface area contributed by atoms with Gasteiger partial charge in [-0.3, -0.25) is 4.57 Å². The van der Waals surface area contributed by atoms with Gasteiger partial charge >= 0.3 is 0 Å². The van der Waals surface area contributed by atoms with E-state index < -0.39 is 0 Å². The fraction of sp³-hybridized carbons (Fsp3) is 0.0290. The first kappa shape index (κ1) is 42.0. The summed E-state index contributed by atoms with van der Waals surface area (Å²) in [6, 6.07) is 76.9. The Balaban J connectivity index is 1.03. The average molecular weight is 905 g/mol. The third-order valence-corrected chi connectivity index (χ3v) is 14.6. The fourth-order valence-electron chi connectivity index (χ4n) is 11.4. The largest absolute Gasteiger partial charge is 0.292 e. The van der Waals surface area contributed by atoms with Crippen molar-refractivity contribution in [2.75, 3.05) is 0 Å². The van der Waals surface area contributed by atoms with Crippen LogP contribution in [0.25, 0.3) is 127 Å². The quantitative estimate of drug-likeness (QED) is 0.110. The summed E-state index contributed by atoms with van der Waals surface area (Å²) in [5.41, 5.74) is 12.1. The summed E-state index contributed by atoms with van der Waals surface area (Å²) in [4.78, 5) is 5.14. The number of aryl methyl sites for hydroxylation is 1. The molecule has 334 valence electrons. The SMILES string of the molecule is C=C(C=C(C=Cc1cc2c3ccccc3c3ccccc3c2c2ccccc12)c1ccc(-n2c(-c3ccccc3)nc3ccccc32)cc1)c1cc2c3ccccc3c(C=CC)c(C)c2c2ccccc12. The minimum atomic E-state index is 0.913. The van der Waals surface area contributed by atoms with Crippen LogP contribution in [0.3, 0.4) is 0 Å². The maximum Gasteiger partial charge on any atom is 0.145 e. The maximum absolute atomic E-state index is 5.14. The minimum Gasteiger partial charge on any atom is -0.292 e. The highest BCUT2D eigenvalue weighted by atomic mass is 15.1. The first-order chi connectivity index (χ1) is 35.0. The molecule has 71 heavy (non-hydrogen) atoms. The Morgan fingerprint density at radius 2 is 1.00 bits per heavy atom. The second-order valence-corrected chi connectivity index (χ2v) is 18.6. The lowest BCUT2D eigenvalue weighted by Gasteiger charge is -2.18. The van der Waals surface area contributed by atoms with Gasteiger partial charge in [-0.1, -0.05) is 207 Å². The second-order valence-electron chi connectivity index (χ2n) is 18.6. The van der Waals surface area contributed by atoms with Crippen LogP contribution in [0, 0.1) is 6.92 Å². The Hall–Kier alpha value is -9.11. The van der Waals surface area contributed by atoms with Crippen LogP contribution in [0.15, 0.2) is 237 Å². The van der Waals surface area contributed by atoms with Gasteiger partial charge < -0.3 is 0 Å². The van der Waals surface area contributed by atoms with Gasteiger partial charge in [0.1, 0.15) is 5.82 Å². The van der Waals surface area contributed by atoms with E-state index in [1.165, 1.54) is 86.5 Å². The van der Waals surface area contributed by atoms with Crippen LogP contribution >= 0.6 is 0 Å². The summed E-state index contributed by atoms with van der Waals surface area (Å²) >= 11 is 0. The summed E-state index contributed by atoms with van der Waals surface area (Å²) in [6.45, 7) is 9.28. The number of benzene rings is 12. The van der Waals surface area contributed by atoms with Crippen molar-refractivity contribution in [3.05, 3.63) is 265 Å². The number of rotatable bonds is 8. The number of para-hydroxylation sites is 2. The first-order valence-corrected chi connectivity index (χ1v) is 24.5. The van der Waals surface area contributed by atoms with Gasteiger partial charge in [0.15, 0.2) is 0 Å². The first-order valence-electron chi connectivity index (χ1n) is 24.5. The van der Waals surface area contributed by atoms with E-state index in [0.717, 1.165) is 55.9 Å². The van der Waals surface area contributed by atoms with Gasteiger partial charge in [-0.2, -0.15) is 0 Å². The van der Waals surface area contributed by atoms with Crippen molar-refractivity contribution in [1.29, 1.82) is 0 Å². The summed E-state index contributed by atoms with van der Waals surface area (Å²) < 4.78 is 2.27. The van der Waals surface area contributed by atoms with Crippen LogP contribution in [-0.4, -0.2) is 9.55 Å². The monoisotopic (exact) mass is 904 g/mol. The van der Waals surface area contributed by atoms with Gasteiger partial charge in [-0.15, -0.1) is 0 Å². The fourth-order valence-corrected chi connectivity index (χ4v) is 11.4.